The zero-order valence-corrected chi connectivity index (χ0v) is 7.59. The lowest BCUT2D eigenvalue weighted by Gasteiger charge is -2.06. The van der Waals surface area contributed by atoms with Gasteiger partial charge in [0.1, 0.15) is 0 Å². The smallest absolute Gasteiger partial charge is 0.0669 e. The first-order valence-corrected chi connectivity index (χ1v) is 4.24. The van der Waals surface area contributed by atoms with Crippen LogP contribution in [0.15, 0.2) is 18.2 Å². The molecule has 0 N–H and O–H groups in total. The monoisotopic (exact) mass is 159 g/mol. The highest BCUT2D eigenvalue weighted by Gasteiger charge is 2.01. The maximum Gasteiger partial charge on any atom is 0.0669 e. The Kier molecular flexibility index (Phi) is 2.88. The molecule has 0 bridgehead atoms. The zero-order valence-electron chi connectivity index (χ0n) is 7.59. The molecule has 0 atom stereocenters. The first-order valence-electron chi connectivity index (χ1n) is 4.24. The molecule has 0 saturated heterocycles. The van der Waals surface area contributed by atoms with Crippen LogP contribution in [0.4, 0.5) is 0 Å². The summed E-state index contributed by atoms with van der Waals surface area (Å²) in [6.45, 7) is 4.18. The first kappa shape index (κ1) is 8.80. The maximum absolute atomic E-state index is 8.61. The van der Waals surface area contributed by atoms with Crippen LogP contribution in [-0.2, 0) is 12.8 Å². The maximum atomic E-state index is 8.61. The normalized spacial score (nSPS) is 9.42. The molecule has 1 nitrogen and oxygen atoms in total. The van der Waals surface area contributed by atoms with Crippen molar-refractivity contribution in [3.8, 4) is 6.07 Å². The minimum atomic E-state index is 0.538. The van der Waals surface area contributed by atoms with Gasteiger partial charge in [0.2, 0.25) is 0 Å². The lowest BCUT2D eigenvalue weighted by Crippen LogP contribution is -1.94. The Bertz CT molecular complexity index is 307. The van der Waals surface area contributed by atoms with Gasteiger partial charge in [0, 0.05) is 0 Å². The molecule has 0 unspecified atom stereocenters. The van der Waals surface area contributed by atoms with E-state index in [-0.39, 0.29) is 0 Å². The van der Waals surface area contributed by atoms with Crippen LogP contribution in [0.25, 0.3) is 0 Å². The summed E-state index contributed by atoms with van der Waals surface area (Å²) in [6, 6.07) is 8.41. The third-order valence-electron chi connectivity index (χ3n) is 2.14. The van der Waals surface area contributed by atoms with E-state index < -0.39 is 0 Å². The van der Waals surface area contributed by atoms with Crippen LogP contribution in [-0.4, -0.2) is 0 Å². The second-order valence-electron chi connectivity index (χ2n) is 2.90. The van der Waals surface area contributed by atoms with Gasteiger partial charge >= 0.3 is 0 Å². The molecule has 0 radical (unpaired) electrons. The molecule has 62 valence electrons. The van der Waals surface area contributed by atoms with E-state index in [0.717, 1.165) is 6.42 Å². The standard InChI is InChI=1S/C11H13N/c1-3-10-6-4-5-9(2)11(10)7-8-12/h4-6H,3,7H2,1-2H3. The van der Waals surface area contributed by atoms with Crippen molar-refractivity contribution in [3.63, 3.8) is 0 Å². The fourth-order valence-electron chi connectivity index (χ4n) is 1.43. The number of benzene rings is 1. The van der Waals surface area contributed by atoms with Crippen LogP contribution in [0.3, 0.4) is 0 Å². The Morgan fingerprint density at radius 3 is 2.75 bits per heavy atom. The largest absolute Gasteiger partial charge is 0.198 e. The van der Waals surface area contributed by atoms with Crippen molar-refractivity contribution in [1.82, 2.24) is 0 Å². The van der Waals surface area contributed by atoms with Crippen LogP contribution in [0.5, 0.6) is 0 Å². The summed E-state index contributed by atoms with van der Waals surface area (Å²) in [7, 11) is 0. The molecular formula is C11H13N. The SMILES string of the molecule is CCc1cccc(C)c1CC#N. The Morgan fingerprint density at radius 1 is 1.42 bits per heavy atom. The fourth-order valence-corrected chi connectivity index (χ4v) is 1.43. The van der Waals surface area contributed by atoms with Crippen LogP contribution in [0, 0.1) is 18.3 Å². The van der Waals surface area contributed by atoms with Crippen molar-refractivity contribution in [1.29, 1.82) is 5.26 Å². The average molecular weight is 159 g/mol. The quantitative estimate of drug-likeness (QED) is 0.650. The van der Waals surface area contributed by atoms with Crippen LogP contribution < -0.4 is 0 Å². The molecule has 0 aliphatic heterocycles. The molecule has 0 aliphatic carbocycles. The summed E-state index contributed by atoms with van der Waals surface area (Å²) in [6.07, 6.45) is 1.55. The molecule has 0 aromatic heterocycles. The van der Waals surface area contributed by atoms with Crippen molar-refractivity contribution < 1.29 is 0 Å². The van der Waals surface area contributed by atoms with Crippen LogP contribution in [0.2, 0.25) is 0 Å². The lowest BCUT2D eigenvalue weighted by molar-refractivity contribution is 1.06. The summed E-state index contributed by atoms with van der Waals surface area (Å²) in [5, 5.41) is 8.61. The second-order valence-corrected chi connectivity index (χ2v) is 2.90. The highest BCUT2D eigenvalue weighted by atomic mass is 14.2. The van der Waals surface area contributed by atoms with E-state index in [0.29, 0.717) is 6.42 Å². The lowest BCUT2D eigenvalue weighted by atomic mass is 9.98. The summed E-state index contributed by atoms with van der Waals surface area (Å²) >= 11 is 0. The van der Waals surface area contributed by atoms with Crippen LogP contribution in [0.1, 0.15) is 23.6 Å². The number of hydrogen-bond donors (Lipinski definition) is 0. The molecule has 1 aromatic rings. The van der Waals surface area contributed by atoms with E-state index in [1.165, 1.54) is 16.7 Å². The van der Waals surface area contributed by atoms with E-state index in [2.05, 4.69) is 38.1 Å². The highest BCUT2D eigenvalue weighted by molar-refractivity contribution is 5.36. The third kappa shape index (κ3) is 1.65. The van der Waals surface area contributed by atoms with Crippen molar-refractivity contribution in [2.75, 3.05) is 0 Å². The highest BCUT2D eigenvalue weighted by Crippen LogP contribution is 2.14. The number of aryl methyl sites for hydroxylation is 2. The van der Waals surface area contributed by atoms with Crippen molar-refractivity contribution >= 4 is 0 Å². The van der Waals surface area contributed by atoms with Gasteiger partial charge in [0.15, 0.2) is 0 Å². The molecule has 12 heavy (non-hydrogen) atoms. The predicted octanol–water partition coefficient (Wildman–Crippen LogP) is 2.62. The van der Waals surface area contributed by atoms with Gasteiger partial charge in [-0.25, -0.2) is 0 Å². The Labute approximate surface area is 73.6 Å². The van der Waals surface area contributed by atoms with E-state index in [1.54, 1.807) is 0 Å². The van der Waals surface area contributed by atoms with Gasteiger partial charge in [-0.3, -0.25) is 0 Å². The summed E-state index contributed by atoms with van der Waals surface area (Å²) in [4.78, 5) is 0. The summed E-state index contributed by atoms with van der Waals surface area (Å²) in [5.74, 6) is 0. The van der Waals surface area contributed by atoms with Gasteiger partial charge in [0.25, 0.3) is 0 Å². The third-order valence-corrected chi connectivity index (χ3v) is 2.14. The van der Waals surface area contributed by atoms with Gasteiger partial charge in [-0.1, -0.05) is 25.1 Å². The number of nitrogens with zero attached hydrogens (tertiary/aromatic N) is 1. The molecule has 1 rings (SSSR count). The Morgan fingerprint density at radius 2 is 2.17 bits per heavy atom. The number of rotatable bonds is 2. The molecule has 0 amide bonds. The molecule has 0 heterocycles. The predicted molar refractivity (Wildman–Crippen MR) is 49.9 cm³/mol. The molecule has 1 aromatic carbocycles. The van der Waals surface area contributed by atoms with Crippen molar-refractivity contribution in [2.24, 2.45) is 0 Å². The second kappa shape index (κ2) is 3.92. The topological polar surface area (TPSA) is 23.8 Å². The molecule has 0 aliphatic rings. The van der Waals surface area contributed by atoms with Gasteiger partial charge in [-0.15, -0.1) is 0 Å². The number of nitriles is 1. The van der Waals surface area contributed by atoms with Crippen molar-refractivity contribution in [3.05, 3.63) is 34.9 Å². The van der Waals surface area contributed by atoms with E-state index in [9.17, 15) is 0 Å². The molecule has 0 saturated carbocycles. The van der Waals surface area contributed by atoms with E-state index in [1.807, 2.05) is 0 Å². The van der Waals surface area contributed by atoms with Gasteiger partial charge in [0.05, 0.1) is 12.5 Å². The van der Waals surface area contributed by atoms with E-state index >= 15 is 0 Å². The molecule has 0 fully saturated rings. The van der Waals surface area contributed by atoms with Gasteiger partial charge in [-0.05, 0) is 30.0 Å². The van der Waals surface area contributed by atoms with Gasteiger partial charge in [-0.2, -0.15) is 5.26 Å². The first-order chi connectivity index (χ1) is 5.79. The molecule has 1 heteroatoms. The minimum Gasteiger partial charge on any atom is -0.198 e. The van der Waals surface area contributed by atoms with Crippen LogP contribution >= 0.6 is 0 Å². The molecule has 0 spiro atoms. The number of hydrogen-bond acceptors (Lipinski definition) is 1. The van der Waals surface area contributed by atoms with Gasteiger partial charge < -0.3 is 0 Å². The summed E-state index contributed by atoms with van der Waals surface area (Å²) in [5.41, 5.74) is 3.75. The van der Waals surface area contributed by atoms with Crippen molar-refractivity contribution in [2.45, 2.75) is 26.7 Å². The summed E-state index contributed by atoms with van der Waals surface area (Å²) < 4.78 is 0. The Balaban J connectivity index is 3.12. The minimum absolute atomic E-state index is 0.538. The van der Waals surface area contributed by atoms with E-state index in [4.69, 9.17) is 5.26 Å². The fraction of sp³-hybridized carbons (Fsp3) is 0.364. The molecular weight excluding hydrogens is 146 g/mol. The zero-order chi connectivity index (χ0) is 8.97. The Hall–Kier alpha value is -1.29. The average Bonchev–Trinajstić information content (AvgIpc) is 2.09.